The molecule has 0 saturated heterocycles. The highest BCUT2D eigenvalue weighted by Gasteiger charge is 2.28. The van der Waals surface area contributed by atoms with Crippen LogP contribution in [0.3, 0.4) is 0 Å². The van der Waals surface area contributed by atoms with Crippen molar-refractivity contribution < 1.29 is 9.53 Å². The van der Waals surface area contributed by atoms with Gasteiger partial charge in [0, 0.05) is 18.6 Å². The van der Waals surface area contributed by atoms with Crippen molar-refractivity contribution in [2.45, 2.75) is 44.1 Å². The average Bonchev–Trinajstić information content (AvgIpc) is 3.22. The van der Waals surface area contributed by atoms with Gasteiger partial charge < -0.3 is 4.74 Å². The van der Waals surface area contributed by atoms with Crippen LogP contribution in [0.2, 0.25) is 0 Å². The number of Topliss-reactive ketones (excluding diaryl/α,β-unsaturated/α-hetero) is 1. The van der Waals surface area contributed by atoms with Crippen molar-refractivity contribution in [3.8, 4) is 5.75 Å². The first-order valence-corrected chi connectivity index (χ1v) is 6.96. The Balaban J connectivity index is 1.76. The molecule has 1 aromatic carbocycles. The second-order valence-electron chi connectivity index (χ2n) is 5.52. The van der Waals surface area contributed by atoms with E-state index in [9.17, 15) is 4.79 Å². The van der Waals surface area contributed by atoms with Crippen molar-refractivity contribution in [1.82, 2.24) is 0 Å². The highest BCUT2D eigenvalue weighted by atomic mass is 16.5. The van der Waals surface area contributed by atoms with Crippen LogP contribution in [0.15, 0.2) is 29.3 Å². The van der Waals surface area contributed by atoms with Crippen LogP contribution in [0.1, 0.15) is 43.6 Å². The normalized spacial score (nSPS) is 25.6. The highest BCUT2D eigenvalue weighted by molar-refractivity contribution is 6.05. The van der Waals surface area contributed by atoms with E-state index in [0.29, 0.717) is 30.6 Å². The maximum atomic E-state index is 11.9. The maximum absolute atomic E-state index is 11.9. The molecule has 0 aliphatic heterocycles. The van der Waals surface area contributed by atoms with E-state index < -0.39 is 0 Å². The van der Waals surface area contributed by atoms with E-state index in [-0.39, 0.29) is 0 Å². The summed E-state index contributed by atoms with van der Waals surface area (Å²) < 4.78 is 5.17. The predicted octanol–water partition coefficient (Wildman–Crippen LogP) is 3.14. The van der Waals surface area contributed by atoms with Gasteiger partial charge >= 0.3 is 0 Å². The van der Waals surface area contributed by atoms with Gasteiger partial charge in [-0.05, 0) is 42.9 Å². The lowest BCUT2D eigenvalue weighted by Crippen LogP contribution is -2.22. The van der Waals surface area contributed by atoms with Crippen LogP contribution in [-0.2, 0) is 4.79 Å². The minimum atomic E-state index is 0.296. The summed E-state index contributed by atoms with van der Waals surface area (Å²) in [7, 11) is 1.67. The molecule has 19 heavy (non-hydrogen) atoms. The van der Waals surface area contributed by atoms with Crippen molar-refractivity contribution in [2.75, 3.05) is 7.11 Å². The van der Waals surface area contributed by atoms with E-state index in [0.717, 1.165) is 17.9 Å². The number of nitrogens with zero attached hydrogens (tertiary/aromatic N) is 1. The largest absolute Gasteiger partial charge is 0.497 e. The Labute approximate surface area is 113 Å². The summed E-state index contributed by atoms with van der Waals surface area (Å²) in [4.78, 5) is 16.6. The van der Waals surface area contributed by atoms with Crippen LogP contribution >= 0.6 is 0 Å². The lowest BCUT2D eigenvalue weighted by Gasteiger charge is -2.23. The Kier molecular flexibility index (Phi) is 3.36. The smallest absolute Gasteiger partial charge is 0.139 e. The Hall–Kier alpha value is -1.64. The molecule has 0 N–H and O–H groups in total. The predicted molar refractivity (Wildman–Crippen MR) is 75.1 cm³/mol. The number of ether oxygens (including phenoxy) is 1. The maximum Gasteiger partial charge on any atom is 0.139 e. The first kappa shape index (κ1) is 12.4. The van der Waals surface area contributed by atoms with Crippen molar-refractivity contribution in [1.29, 1.82) is 0 Å². The lowest BCUT2D eigenvalue weighted by atomic mass is 9.82. The van der Waals surface area contributed by atoms with Crippen LogP contribution in [0.25, 0.3) is 0 Å². The SMILES string of the molecule is COc1ccc([C@@H]2CC(=O)CC(=NC3CC3)C2)cc1. The lowest BCUT2D eigenvalue weighted by molar-refractivity contribution is -0.118. The minimum absolute atomic E-state index is 0.296. The van der Waals surface area contributed by atoms with E-state index in [4.69, 9.17) is 4.74 Å². The third-order valence-electron chi connectivity index (χ3n) is 3.86. The summed E-state index contributed by atoms with van der Waals surface area (Å²) in [6, 6.07) is 8.57. The Morgan fingerprint density at radius 1 is 1.16 bits per heavy atom. The highest BCUT2D eigenvalue weighted by Crippen LogP contribution is 2.33. The standard InChI is InChI=1S/C16H19NO2/c1-19-16-6-2-11(3-7-16)12-8-14(10-15(18)9-12)17-13-4-5-13/h2-3,6-7,12-13H,4-5,8-10H2,1H3/t12-/m0/s1. The van der Waals surface area contributed by atoms with Gasteiger partial charge in [-0.15, -0.1) is 0 Å². The molecule has 100 valence electrons. The monoisotopic (exact) mass is 257 g/mol. The Morgan fingerprint density at radius 2 is 1.89 bits per heavy atom. The van der Waals surface area contributed by atoms with E-state index in [1.807, 2.05) is 12.1 Å². The average molecular weight is 257 g/mol. The molecular weight excluding hydrogens is 238 g/mol. The molecule has 3 heteroatoms. The number of rotatable bonds is 3. The summed E-state index contributed by atoms with van der Waals surface area (Å²) in [6.45, 7) is 0. The molecule has 2 saturated carbocycles. The summed E-state index contributed by atoms with van der Waals surface area (Å²) >= 11 is 0. The van der Waals surface area contributed by atoms with Gasteiger partial charge in [-0.3, -0.25) is 9.79 Å². The van der Waals surface area contributed by atoms with Crippen molar-refractivity contribution in [3.05, 3.63) is 29.8 Å². The second kappa shape index (κ2) is 5.16. The van der Waals surface area contributed by atoms with E-state index in [1.54, 1.807) is 7.11 Å². The van der Waals surface area contributed by atoms with Gasteiger partial charge in [0.1, 0.15) is 11.5 Å². The fourth-order valence-electron chi connectivity index (χ4n) is 2.68. The molecule has 3 nitrogen and oxygen atoms in total. The quantitative estimate of drug-likeness (QED) is 0.834. The fourth-order valence-corrected chi connectivity index (χ4v) is 2.68. The Bertz CT molecular complexity index is 500. The van der Waals surface area contributed by atoms with Crippen LogP contribution in [0.5, 0.6) is 5.75 Å². The number of carbonyl (C=O) groups excluding carboxylic acids is 1. The molecule has 2 aliphatic rings. The molecule has 0 radical (unpaired) electrons. The zero-order chi connectivity index (χ0) is 13.2. The molecule has 0 bridgehead atoms. The van der Waals surface area contributed by atoms with E-state index in [2.05, 4.69) is 17.1 Å². The molecule has 3 rings (SSSR count). The molecule has 0 aromatic heterocycles. The van der Waals surface area contributed by atoms with Gasteiger partial charge in [-0.1, -0.05) is 12.1 Å². The summed E-state index contributed by atoms with van der Waals surface area (Å²) in [5, 5.41) is 0. The molecule has 1 atom stereocenters. The fraction of sp³-hybridized carbons (Fsp3) is 0.500. The number of aliphatic imine (C=N–C) groups is 1. The molecule has 2 fully saturated rings. The summed E-state index contributed by atoms with van der Waals surface area (Å²) in [6.07, 6.45) is 4.56. The third kappa shape index (κ3) is 3.03. The van der Waals surface area contributed by atoms with Gasteiger partial charge in [-0.25, -0.2) is 0 Å². The Morgan fingerprint density at radius 3 is 2.53 bits per heavy atom. The van der Waals surface area contributed by atoms with Crippen LogP contribution in [0.4, 0.5) is 0 Å². The number of hydrogen-bond acceptors (Lipinski definition) is 3. The number of carbonyl (C=O) groups is 1. The number of ketones is 1. The van der Waals surface area contributed by atoms with Crippen molar-refractivity contribution in [2.24, 2.45) is 4.99 Å². The van der Waals surface area contributed by atoms with Crippen molar-refractivity contribution >= 4 is 11.5 Å². The zero-order valence-corrected chi connectivity index (χ0v) is 11.3. The first-order valence-electron chi connectivity index (χ1n) is 6.96. The molecule has 1 aromatic rings. The molecular formula is C16H19NO2. The number of methoxy groups -OCH3 is 1. The molecule has 0 amide bonds. The zero-order valence-electron chi connectivity index (χ0n) is 11.3. The third-order valence-corrected chi connectivity index (χ3v) is 3.86. The number of benzene rings is 1. The minimum Gasteiger partial charge on any atom is -0.497 e. The number of hydrogen-bond donors (Lipinski definition) is 0. The van der Waals surface area contributed by atoms with E-state index in [1.165, 1.54) is 18.4 Å². The van der Waals surface area contributed by atoms with E-state index >= 15 is 0 Å². The first-order chi connectivity index (χ1) is 9.24. The summed E-state index contributed by atoms with van der Waals surface area (Å²) in [5.41, 5.74) is 2.33. The van der Waals surface area contributed by atoms with Gasteiger partial charge in [0.15, 0.2) is 0 Å². The van der Waals surface area contributed by atoms with Gasteiger partial charge in [0.2, 0.25) is 0 Å². The van der Waals surface area contributed by atoms with Crippen LogP contribution in [-0.4, -0.2) is 24.6 Å². The van der Waals surface area contributed by atoms with Crippen molar-refractivity contribution in [3.63, 3.8) is 0 Å². The second-order valence-corrected chi connectivity index (χ2v) is 5.52. The molecule has 0 heterocycles. The molecule has 0 spiro atoms. The molecule has 2 aliphatic carbocycles. The molecule has 0 unspecified atom stereocenters. The van der Waals surface area contributed by atoms with Gasteiger partial charge in [0.25, 0.3) is 0 Å². The van der Waals surface area contributed by atoms with Gasteiger partial charge in [0.05, 0.1) is 13.2 Å². The van der Waals surface area contributed by atoms with Gasteiger partial charge in [-0.2, -0.15) is 0 Å². The van der Waals surface area contributed by atoms with Crippen LogP contribution < -0.4 is 4.74 Å². The summed E-state index contributed by atoms with van der Waals surface area (Å²) in [5.74, 6) is 1.48. The topological polar surface area (TPSA) is 38.7 Å². The van der Waals surface area contributed by atoms with Crippen LogP contribution in [0, 0.1) is 0 Å².